The van der Waals surface area contributed by atoms with Crippen molar-refractivity contribution in [2.75, 3.05) is 17.6 Å². The second kappa shape index (κ2) is 3.79. The maximum atomic E-state index is 9.09. The van der Waals surface area contributed by atoms with E-state index in [-0.39, 0.29) is 6.10 Å². The lowest BCUT2D eigenvalue weighted by Gasteiger charge is -2.31. The van der Waals surface area contributed by atoms with Gasteiger partial charge in [-0.3, -0.25) is 0 Å². The molecule has 5 heteroatoms. The zero-order chi connectivity index (χ0) is 9.97. The molecule has 1 aliphatic carbocycles. The number of nitrogens with two attached hydrogens (primary N) is 1. The van der Waals surface area contributed by atoms with Crippen LogP contribution in [0.15, 0.2) is 12.4 Å². The van der Waals surface area contributed by atoms with Gasteiger partial charge >= 0.3 is 0 Å². The Kier molecular flexibility index (Phi) is 2.49. The minimum atomic E-state index is -0.0998. The summed E-state index contributed by atoms with van der Waals surface area (Å²) in [6.45, 7) is 0.841. The lowest BCUT2D eigenvalue weighted by atomic mass is 9.82. The average molecular weight is 194 g/mol. The van der Waals surface area contributed by atoms with E-state index in [0.717, 1.165) is 25.2 Å². The van der Waals surface area contributed by atoms with E-state index in [4.69, 9.17) is 10.8 Å². The maximum Gasteiger partial charge on any atom is 0.131 e. The van der Waals surface area contributed by atoms with E-state index in [2.05, 4.69) is 15.3 Å². The van der Waals surface area contributed by atoms with Crippen LogP contribution in [0.2, 0.25) is 0 Å². The Morgan fingerprint density at radius 1 is 1.50 bits per heavy atom. The smallest absolute Gasteiger partial charge is 0.131 e. The lowest BCUT2D eigenvalue weighted by Crippen LogP contribution is -2.33. The first-order valence-corrected chi connectivity index (χ1v) is 4.73. The van der Waals surface area contributed by atoms with Crippen molar-refractivity contribution < 1.29 is 5.11 Å². The first kappa shape index (κ1) is 9.21. The third-order valence-electron chi connectivity index (χ3n) is 2.47. The monoisotopic (exact) mass is 194 g/mol. The van der Waals surface area contributed by atoms with Gasteiger partial charge in [0.15, 0.2) is 0 Å². The second-order valence-corrected chi connectivity index (χ2v) is 3.70. The molecule has 0 radical (unpaired) electrons. The molecule has 76 valence electrons. The molecule has 14 heavy (non-hydrogen) atoms. The summed E-state index contributed by atoms with van der Waals surface area (Å²) in [5.74, 6) is 1.77. The van der Waals surface area contributed by atoms with Crippen LogP contribution in [-0.4, -0.2) is 27.7 Å². The van der Waals surface area contributed by atoms with Crippen molar-refractivity contribution in [1.29, 1.82) is 0 Å². The Labute approximate surface area is 82.4 Å². The topological polar surface area (TPSA) is 84.1 Å². The average Bonchev–Trinajstić information content (AvgIpc) is 2.11. The number of nitrogens with one attached hydrogen (secondary N) is 1. The van der Waals surface area contributed by atoms with Crippen LogP contribution in [-0.2, 0) is 0 Å². The van der Waals surface area contributed by atoms with Crippen molar-refractivity contribution in [3.63, 3.8) is 0 Å². The molecular formula is C9H14N4O. The largest absolute Gasteiger partial charge is 0.393 e. The summed E-state index contributed by atoms with van der Waals surface area (Å²) < 4.78 is 0. The molecule has 1 heterocycles. The van der Waals surface area contributed by atoms with E-state index in [1.54, 1.807) is 6.07 Å². The third kappa shape index (κ3) is 2.11. The number of aliphatic hydroxyl groups excluding tert-OH is 1. The summed E-state index contributed by atoms with van der Waals surface area (Å²) in [5, 5.41) is 12.3. The molecule has 1 aromatic rings. The molecular weight excluding hydrogens is 180 g/mol. The predicted octanol–water partition coefficient (Wildman–Crippen LogP) is 0.242. The van der Waals surface area contributed by atoms with Crippen LogP contribution < -0.4 is 11.1 Å². The van der Waals surface area contributed by atoms with Crippen molar-refractivity contribution in [3.8, 4) is 0 Å². The van der Waals surface area contributed by atoms with E-state index in [0.29, 0.717) is 11.7 Å². The molecule has 5 nitrogen and oxygen atoms in total. The molecule has 0 saturated heterocycles. The van der Waals surface area contributed by atoms with Gasteiger partial charge in [-0.1, -0.05) is 0 Å². The second-order valence-electron chi connectivity index (χ2n) is 3.70. The zero-order valence-electron chi connectivity index (χ0n) is 7.85. The van der Waals surface area contributed by atoms with Crippen LogP contribution in [0.1, 0.15) is 12.8 Å². The molecule has 0 aromatic carbocycles. The van der Waals surface area contributed by atoms with Gasteiger partial charge in [0, 0.05) is 12.6 Å². The highest BCUT2D eigenvalue weighted by atomic mass is 16.3. The first-order valence-electron chi connectivity index (χ1n) is 4.73. The van der Waals surface area contributed by atoms with E-state index in [9.17, 15) is 0 Å². The standard InChI is InChI=1S/C9H14N4O/c10-8-3-9(13-5-12-8)11-4-6-1-7(14)2-6/h3,5-7,14H,1-2,4H2,(H3,10,11,12,13). The van der Waals surface area contributed by atoms with Gasteiger partial charge in [-0.25, -0.2) is 9.97 Å². The van der Waals surface area contributed by atoms with Crippen LogP contribution in [0.5, 0.6) is 0 Å². The fraction of sp³-hybridized carbons (Fsp3) is 0.556. The van der Waals surface area contributed by atoms with Crippen molar-refractivity contribution >= 4 is 11.6 Å². The molecule has 0 aliphatic heterocycles. The van der Waals surface area contributed by atoms with Crippen molar-refractivity contribution in [2.24, 2.45) is 5.92 Å². The molecule has 0 atom stereocenters. The van der Waals surface area contributed by atoms with Gasteiger partial charge in [0.2, 0.25) is 0 Å². The van der Waals surface area contributed by atoms with Gasteiger partial charge in [-0.05, 0) is 18.8 Å². The molecule has 1 aliphatic rings. The summed E-state index contributed by atoms with van der Waals surface area (Å²) >= 11 is 0. The highest BCUT2D eigenvalue weighted by Crippen LogP contribution is 2.27. The van der Waals surface area contributed by atoms with E-state index < -0.39 is 0 Å². The highest BCUT2D eigenvalue weighted by Gasteiger charge is 2.26. The SMILES string of the molecule is Nc1cc(NCC2CC(O)C2)ncn1. The summed E-state index contributed by atoms with van der Waals surface area (Å²) in [5.41, 5.74) is 5.50. The Morgan fingerprint density at radius 2 is 2.29 bits per heavy atom. The number of aromatic nitrogens is 2. The number of nitrogen functional groups attached to an aromatic ring is 1. The minimum absolute atomic E-state index is 0.0998. The van der Waals surface area contributed by atoms with E-state index in [1.807, 2.05) is 0 Å². The van der Waals surface area contributed by atoms with Gasteiger partial charge in [0.05, 0.1) is 6.10 Å². The van der Waals surface area contributed by atoms with Crippen molar-refractivity contribution in [2.45, 2.75) is 18.9 Å². The van der Waals surface area contributed by atoms with Crippen LogP contribution in [0.4, 0.5) is 11.6 Å². The van der Waals surface area contributed by atoms with E-state index in [1.165, 1.54) is 6.33 Å². The normalized spacial score (nSPS) is 25.5. The van der Waals surface area contributed by atoms with Crippen LogP contribution >= 0.6 is 0 Å². The number of anilines is 2. The van der Waals surface area contributed by atoms with Crippen LogP contribution in [0, 0.1) is 5.92 Å². The molecule has 4 N–H and O–H groups in total. The van der Waals surface area contributed by atoms with Gasteiger partial charge in [0.1, 0.15) is 18.0 Å². The Hall–Kier alpha value is -1.36. The number of aliphatic hydroxyl groups is 1. The number of rotatable bonds is 3. The predicted molar refractivity (Wildman–Crippen MR) is 53.7 cm³/mol. The van der Waals surface area contributed by atoms with Gasteiger partial charge in [-0.15, -0.1) is 0 Å². The molecule has 1 saturated carbocycles. The summed E-state index contributed by atoms with van der Waals surface area (Å²) in [7, 11) is 0. The Bertz CT molecular complexity index is 311. The van der Waals surface area contributed by atoms with Gasteiger partial charge < -0.3 is 16.2 Å². The quantitative estimate of drug-likeness (QED) is 0.642. The fourth-order valence-corrected chi connectivity index (χ4v) is 1.59. The minimum Gasteiger partial charge on any atom is -0.393 e. The maximum absolute atomic E-state index is 9.09. The lowest BCUT2D eigenvalue weighted by molar-refractivity contribution is 0.0486. The highest BCUT2D eigenvalue weighted by molar-refractivity contribution is 5.43. The van der Waals surface area contributed by atoms with Crippen LogP contribution in [0.3, 0.4) is 0 Å². The molecule has 0 unspecified atom stereocenters. The molecule has 0 spiro atoms. The molecule has 1 fully saturated rings. The molecule has 1 aromatic heterocycles. The Morgan fingerprint density at radius 3 is 2.93 bits per heavy atom. The van der Waals surface area contributed by atoms with Gasteiger partial charge in [-0.2, -0.15) is 0 Å². The third-order valence-corrected chi connectivity index (χ3v) is 2.47. The van der Waals surface area contributed by atoms with E-state index >= 15 is 0 Å². The first-order chi connectivity index (χ1) is 6.74. The summed E-state index contributed by atoms with van der Waals surface area (Å²) in [4.78, 5) is 7.82. The van der Waals surface area contributed by atoms with Crippen molar-refractivity contribution in [3.05, 3.63) is 12.4 Å². The van der Waals surface area contributed by atoms with Crippen LogP contribution in [0.25, 0.3) is 0 Å². The zero-order valence-corrected chi connectivity index (χ0v) is 7.85. The summed E-state index contributed by atoms with van der Waals surface area (Å²) in [6.07, 6.45) is 3.10. The number of hydrogen-bond donors (Lipinski definition) is 3. The summed E-state index contributed by atoms with van der Waals surface area (Å²) in [6, 6.07) is 1.70. The number of hydrogen-bond acceptors (Lipinski definition) is 5. The van der Waals surface area contributed by atoms with Crippen molar-refractivity contribution in [1.82, 2.24) is 9.97 Å². The Balaban J connectivity index is 1.80. The number of nitrogens with zero attached hydrogens (tertiary/aromatic N) is 2. The molecule has 0 amide bonds. The van der Waals surface area contributed by atoms with Gasteiger partial charge in [0.25, 0.3) is 0 Å². The fourth-order valence-electron chi connectivity index (χ4n) is 1.59. The molecule has 0 bridgehead atoms. The molecule has 2 rings (SSSR count).